The fraction of sp³-hybridized carbons (Fsp3) is 0.500. The van der Waals surface area contributed by atoms with E-state index in [0.29, 0.717) is 5.96 Å². The molecule has 2 aromatic carbocycles. The molecule has 1 atom stereocenters. The SMILES string of the molecule is CO[C@H]1CC[C@]2(CC1)Cc1ccc(CCc3ccccc3)cc1C21N=C(N)N(C(C)C)C1=O. The maximum atomic E-state index is 14.2. The highest BCUT2D eigenvalue weighted by Gasteiger charge is 2.66. The van der Waals surface area contributed by atoms with Gasteiger partial charge < -0.3 is 10.5 Å². The highest BCUT2D eigenvalue weighted by Crippen LogP contribution is 2.62. The fourth-order valence-electron chi connectivity index (χ4n) is 6.47. The third-order valence-corrected chi connectivity index (χ3v) is 8.20. The van der Waals surface area contributed by atoms with Crippen molar-refractivity contribution in [1.29, 1.82) is 0 Å². The molecule has 5 rings (SSSR count). The van der Waals surface area contributed by atoms with Crippen molar-refractivity contribution >= 4 is 11.9 Å². The summed E-state index contributed by atoms with van der Waals surface area (Å²) in [5.41, 5.74) is 10.2. The lowest BCUT2D eigenvalue weighted by Gasteiger charge is -2.45. The summed E-state index contributed by atoms with van der Waals surface area (Å²) in [6, 6.07) is 17.3. The van der Waals surface area contributed by atoms with Gasteiger partial charge in [-0.3, -0.25) is 9.69 Å². The van der Waals surface area contributed by atoms with Gasteiger partial charge >= 0.3 is 0 Å². The Kier molecular flexibility index (Phi) is 5.56. The molecule has 2 aliphatic carbocycles. The summed E-state index contributed by atoms with van der Waals surface area (Å²) in [5.74, 6) is 0.426. The zero-order valence-electron chi connectivity index (χ0n) is 20.0. The number of amides is 1. The van der Waals surface area contributed by atoms with Gasteiger partial charge in [0, 0.05) is 18.6 Å². The van der Waals surface area contributed by atoms with Crippen molar-refractivity contribution in [2.45, 2.75) is 76.5 Å². The minimum atomic E-state index is -0.905. The average molecular weight is 446 g/mol. The molecule has 2 N–H and O–H groups in total. The van der Waals surface area contributed by atoms with E-state index in [1.165, 1.54) is 16.7 Å². The molecule has 1 amide bonds. The Hall–Kier alpha value is -2.66. The minimum absolute atomic E-state index is 0.0155. The van der Waals surface area contributed by atoms with Crippen LogP contribution in [0.2, 0.25) is 0 Å². The number of nitrogens with zero attached hydrogens (tertiary/aromatic N) is 2. The molecule has 3 aliphatic rings. The molecule has 33 heavy (non-hydrogen) atoms. The monoisotopic (exact) mass is 445 g/mol. The molecule has 5 heteroatoms. The zero-order chi connectivity index (χ0) is 23.2. The lowest BCUT2D eigenvalue weighted by Crippen LogP contribution is -2.53. The molecule has 1 fully saturated rings. The van der Waals surface area contributed by atoms with Crippen molar-refractivity contribution in [2.75, 3.05) is 7.11 Å². The number of guanidine groups is 1. The minimum Gasteiger partial charge on any atom is -0.381 e. The van der Waals surface area contributed by atoms with Gasteiger partial charge in [0.25, 0.3) is 5.91 Å². The fourth-order valence-corrected chi connectivity index (χ4v) is 6.47. The number of aliphatic imine (C=N–C) groups is 1. The van der Waals surface area contributed by atoms with E-state index in [1.54, 1.807) is 12.0 Å². The van der Waals surface area contributed by atoms with Crippen molar-refractivity contribution in [1.82, 2.24) is 4.90 Å². The van der Waals surface area contributed by atoms with Gasteiger partial charge in [0.15, 0.2) is 11.5 Å². The Bertz CT molecular complexity index is 1070. The van der Waals surface area contributed by atoms with E-state index in [0.717, 1.165) is 50.5 Å². The van der Waals surface area contributed by atoms with Gasteiger partial charge in [-0.2, -0.15) is 0 Å². The van der Waals surface area contributed by atoms with Crippen molar-refractivity contribution in [2.24, 2.45) is 16.1 Å². The molecule has 174 valence electrons. The van der Waals surface area contributed by atoms with Crippen molar-refractivity contribution in [3.8, 4) is 0 Å². The zero-order valence-corrected chi connectivity index (χ0v) is 20.0. The molecule has 1 saturated carbocycles. The van der Waals surface area contributed by atoms with E-state index in [2.05, 4.69) is 48.5 Å². The van der Waals surface area contributed by atoms with Crippen LogP contribution in [0.15, 0.2) is 53.5 Å². The highest BCUT2D eigenvalue weighted by molar-refractivity contribution is 6.08. The van der Waals surface area contributed by atoms with Gasteiger partial charge in [-0.05, 0) is 81.0 Å². The molecular weight excluding hydrogens is 410 g/mol. The molecule has 1 heterocycles. The molecular formula is C28H35N3O2. The number of nitrogens with two attached hydrogens (primary N) is 1. The number of hydrogen-bond acceptors (Lipinski definition) is 4. The normalized spacial score (nSPS) is 28.7. The van der Waals surface area contributed by atoms with E-state index in [-0.39, 0.29) is 23.5 Å². The maximum absolute atomic E-state index is 14.2. The van der Waals surface area contributed by atoms with Gasteiger partial charge in [-0.25, -0.2) is 4.99 Å². The van der Waals surface area contributed by atoms with Gasteiger partial charge in [-0.1, -0.05) is 48.5 Å². The summed E-state index contributed by atoms with van der Waals surface area (Å²) in [7, 11) is 1.79. The second-order valence-corrected chi connectivity index (χ2v) is 10.3. The van der Waals surface area contributed by atoms with Crippen LogP contribution in [0.25, 0.3) is 0 Å². The van der Waals surface area contributed by atoms with Gasteiger partial charge in [0.1, 0.15) is 0 Å². The Morgan fingerprint density at radius 3 is 2.42 bits per heavy atom. The number of carbonyl (C=O) groups is 1. The lowest BCUT2D eigenvalue weighted by molar-refractivity contribution is -0.139. The predicted octanol–water partition coefficient (Wildman–Crippen LogP) is 4.36. The number of benzene rings is 2. The molecule has 2 aromatic rings. The molecule has 1 unspecified atom stereocenters. The maximum Gasteiger partial charge on any atom is 0.262 e. The molecule has 0 aromatic heterocycles. The Balaban J connectivity index is 1.55. The number of rotatable bonds is 5. The first-order valence-electron chi connectivity index (χ1n) is 12.3. The van der Waals surface area contributed by atoms with Gasteiger partial charge in [0.05, 0.1) is 6.10 Å². The number of ether oxygens (including phenoxy) is 1. The number of aryl methyl sites for hydroxylation is 2. The topological polar surface area (TPSA) is 67.9 Å². The third-order valence-electron chi connectivity index (χ3n) is 8.20. The van der Waals surface area contributed by atoms with Crippen LogP contribution < -0.4 is 5.73 Å². The van der Waals surface area contributed by atoms with E-state index >= 15 is 0 Å². The highest BCUT2D eigenvalue weighted by atomic mass is 16.5. The first-order valence-corrected chi connectivity index (χ1v) is 12.3. The number of methoxy groups -OCH3 is 1. The Morgan fingerprint density at radius 1 is 1.09 bits per heavy atom. The molecule has 0 radical (unpaired) electrons. The molecule has 0 saturated heterocycles. The average Bonchev–Trinajstić information content (AvgIpc) is 3.24. The molecule has 0 bridgehead atoms. The summed E-state index contributed by atoms with van der Waals surface area (Å²) >= 11 is 0. The Labute approximate surface area is 197 Å². The second-order valence-electron chi connectivity index (χ2n) is 10.3. The summed E-state index contributed by atoms with van der Waals surface area (Å²) in [6.07, 6.45) is 6.82. The molecule has 2 spiro atoms. The second kappa shape index (κ2) is 8.28. The molecule has 1 aliphatic heterocycles. The summed E-state index contributed by atoms with van der Waals surface area (Å²) in [5, 5.41) is 0. The summed E-state index contributed by atoms with van der Waals surface area (Å²) < 4.78 is 5.67. The van der Waals surface area contributed by atoms with Crippen LogP contribution >= 0.6 is 0 Å². The third kappa shape index (κ3) is 3.40. The largest absolute Gasteiger partial charge is 0.381 e. The van der Waals surface area contributed by atoms with Crippen LogP contribution in [0, 0.1) is 5.41 Å². The van der Waals surface area contributed by atoms with Crippen LogP contribution in [-0.2, 0) is 34.3 Å². The van der Waals surface area contributed by atoms with Crippen LogP contribution in [0.1, 0.15) is 61.8 Å². The van der Waals surface area contributed by atoms with Gasteiger partial charge in [0.2, 0.25) is 0 Å². The standard InChI is InChI=1S/C28H35N3O2/c1-19(2)31-25(32)28(30-26(31)29)24-17-21(10-9-20-7-5-4-6-8-20)11-12-22(24)18-27(28)15-13-23(33-3)14-16-27/h4-8,11-12,17,19,23H,9-10,13-16,18H2,1-3H3,(H2,29,30)/t23-,27-,28?. The quantitative estimate of drug-likeness (QED) is 0.743. The summed E-state index contributed by atoms with van der Waals surface area (Å²) in [6.45, 7) is 4.03. The van der Waals surface area contributed by atoms with E-state index in [1.807, 2.05) is 13.8 Å². The summed E-state index contributed by atoms with van der Waals surface area (Å²) in [4.78, 5) is 20.9. The van der Waals surface area contributed by atoms with Crippen molar-refractivity contribution in [3.63, 3.8) is 0 Å². The first-order chi connectivity index (χ1) is 15.9. The predicted molar refractivity (Wildman–Crippen MR) is 131 cm³/mol. The van der Waals surface area contributed by atoms with Crippen molar-refractivity contribution in [3.05, 3.63) is 70.8 Å². The smallest absolute Gasteiger partial charge is 0.262 e. The number of hydrogen-bond donors (Lipinski definition) is 1. The van der Waals surface area contributed by atoms with Crippen LogP contribution in [-0.4, -0.2) is 36.0 Å². The molecule has 5 nitrogen and oxygen atoms in total. The van der Waals surface area contributed by atoms with Crippen LogP contribution in [0.3, 0.4) is 0 Å². The van der Waals surface area contributed by atoms with Crippen LogP contribution in [0.5, 0.6) is 0 Å². The Morgan fingerprint density at radius 2 is 1.79 bits per heavy atom. The van der Waals surface area contributed by atoms with E-state index < -0.39 is 5.54 Å². The van der Waals surface area contributed by atoms with Crippen molar-refractivity contribution < 1.29 is 9.53 Å². The lowest BCUT2D eigenvalue weighted by atomic mass is 9.61. The van der Waals surface area contributed by atoms with E-state index in [4.69, 9.17) is 15.5 Å². The van der Waals surface area contributed by atoms with E-state index in [9.17, 15) is 4.79 Å². The van der Waals surface area contributed by atoms with Gasteiger partial charge in [-0.15, -0.1) is 0 Å². The number of carbonyl (C=O) groups excluding carboxylic acids is 1. The van der Waals surface area contributed by atoms with Crippen LogP contribution in [0.4, 0.5) is 0 Å². The first kappa shape index (κ1) is 22.1. The number of fused-ring (bicyclic) bond motifs is 3.